The van der Waals surface area contributed by atoms with Gasteiger partial charge in [0.1, 0.15) is 6.33 Å². The van der Waals surface area contributed by atoms with E-state index >= 15 is 0 Å². The third-order valence-corrected chi connectivity index (χ3v) is 2.43. The van der Waals surface area contributed by atoms with Gasteiger partial charge in [-0.15, -0.1) is 0 Å². The van der Waals surface area contributed by atoms with Crippen LogP contribution in [0.1, 0.15) is 11.3 Å². The lowest BCUT2D eigenvalue weighted by molar-refractivity contribution is -0.118. The first-order valence-electron chi connectivity index (χ1n) is 5.91. The van der Waals surface area contributed by atoms with Crippen molar-refractivity contribution in [2.45, 2.75) is 13.8 Å². The van der Waals surface area contributed by atoms with E-state index < -0.39 is 0 Å². The minimum absolute atomic E-state index is 0.0790. The number of ether oxygens (including phenoxy) is 1. The van der Waals surface area contributed by atoms with Crippen LogP contribution < -0.4 is 10.1 Å². The van der Waals surface area contributed by atoms with Crippen LogP contribution in [0.5, 0.6) is 5.88 Å². The number of benzene rings is 1. The number of aryl methyl sites for hydroxylation is 2. The standard InChI is InChI=1S/C14H15N3O2/c1-10-4-3-5-12(6-10)17-13(18)8-19-14-7-11(2)15-9-16-14/h3-7,9H,8H2,1-2H3,(H,17,18). The van der Waals surface area contributed by atoms with Crippen molar-refractivity contribution in [1.29, 1.82) is 0 Å². The van der Waals surface area contributed by atoms with Crippen molar-refractivity contribution in [3.8, 4) is 5.88 Å². The molecule has 0 aliphatic heterocycles. The molecule has 1 N–H and O–H groups in total. The number of nitrogens with zero attached hydrogens (tertiary/aromatic N) is 2. The molecule has 0 bridgehead atoms. The van der Waals surface area contributed by atoms with Crippen molar-refractivity contribution in [3.05, 3.63) is 47.9 Å². The number of aromatic nitrogens is 2. The van der Waals surface area contributed by atoms with Crippen molar-refractivity contribution in [3.63, 3.8) is 0 Å². The molecule has 1 heterocycles. The monoisotopic (exact) mass is 257 g/mol. The highest BCUT2D eigenvalue weighted by Gasteiger charge is 2.04. The molecule has 0 fully saturated rings. The molecule has 2 aromatic rings. The molecule has 19 heavy (non-hydrogen) atoms. The molecular weight excluding hydrogens is 242 g/mol. The van der Waals surface area contributed by atoms with Gasteiger partial charge >= 0.3 is 0 Å². The SMILES string of the molecule is Cc1cccc(NC(=O)COc2cc(C)ncn2)c1. The van der Waals surface area contributed by atoms with Gasteiger partial charge in [-0.3, -0.25) is 4.79 Å². The number of carbonyl (C=O) groups excluding carboxylic acids is 1. The van der Waals surface area contributed by atoms with E-state index in [1.54, 1.807) is 6.07 Å². The van der Waals surface area contributed by atoms with Gasteiger partial charge in [0.2, 0.25) is 5.88 Å². The summed E-state index contributed by atoms with van der Waals surface area (Å²) in [6.45, 7) is 3.72. The smallest absolute Gasteiger partial charge is 0.262 e. The van der Waals surface area contributed by atoms with E-state index in [9.17, 15) is 4.79 Å². The van der Waals surface area contributed by atoms with E-state index in [1.807, 2.05) is 38.1 Å². The Balaban J connectivity index is 1.88. The van der Waals surface area contributed by atoms with Crippen LogP contribution in [0.4, 0.5) is 5.69 Å². The Morgan fingerprint density at radius 2 is 2.11 bits per heavy atom. The lowest BCUT2D eigenvalue weighted by Crippen LogP contribution is -2.20. The van der Waals surface area contributed by atoms with E-state index in [0.717, 1.165) is 16.9 Å². The summed E-state index contributed by atoms with van der Waals surface area (Å²) in [5, 5.41) is 2.76. The third-order valence-electron chi connectivity index (χ3n) is 2.43. The molecule has 5 nitrogen and oxygen atoms in total. The van der Waals surface area contributed by atoms with Crippen molar-refractivity contribution in [2.75, 3.05) is 11.9 Å². The average Bonchev–Trinajstić information content (AvgIpc) is 2.36. The first-order chi connectivity index (χ1) is 9.13. The highest BCUT2D eigenvalue weighted by Crippen LogP contribution is 2.10. The molecule has 0 radical (unpaired) electrons. The molecule has 0 aliphatic carbocycles. The zero-order chi connectivity index (χ0) is 13.7. The van der Waals surface area contributed by atoms with E-state index in [-0.39, 0.29) is 12.5 Å². The molecule has 1 aromatic carbocycles. The normalized spacial score (nSPS) is 10.0. The maximum Gasteiger partial charge on any atom is 0.262 e. The minimum Gasteiger partial charge on any atom is -0.467 e. The van der Waals surface area contributed by atoms with E-state index in [1.165, 1.54) is 6.33 Å². The fourth-order valence-corrected chi connectivity index (χ4v) is 1.57. The maximum absolute atomic E-state index is 11.7. The Hall–Kier alpha value is -2.43. The van der Waals surface area contributed by atoms with Crippen LogP contribution in [0, 0.1) is 13.8 Å². The quantitative estimate of drug-likeness (QED) is 0.911. The first kappa shape index (κ1) is 13.0. The van der Waals surface area contributed by atoms with E-state index in [4.69, 9.17) is 4.74 Å². The van der Waals surface area contributed by atoms with E-state index in [2.05, 4.69) is 15.3 Å². The molecular formula is C14H15N3O2. The first-order valence-corrected chi connectivity index (χ1v) is 5.91. The second-order valence-corrected chi connectivity index (χ2v) is 4.20. The molecule has 2 rings (SSSR count). The number of rotatable bonds is 4. The van der Waals surface area contributed by atoms with Crippen molar-refractivity contribution in [2.24, 2.45) is 0 Å². The lowest BCUT2D eigenvalue weighted by atomic mass is 10.2. The number of carbonyl (C=O) groups is 1. The number of amides is 1. The Morgan fingerprint density at radius 3 is 2.84 bits per heavy atom. The number of hydrogen-bond acceptors (Lipinski definition) is 4. The molecule has 0 unspecified atom stereocenters. The lowest BCUT2D eigenvalue weighted by Gasteiger charge is -2.07. The van der Waals surface area contributed by atoms with Crippen LogP contribution in [0.25, 0.3) is 0 Å². The van der Waals surface area contributed by atoms with Crippen LogP contribution in [0.2, 0.25) is 0 Å². The van der Waals surface area contributed by atoms with Crippen LogP contribution in [0.15, 0.2) is 36.7 Å². The summed E-state index contributed by atoms with van der Waals surface area (Å²) in [6, 6.07) is 9.27. The largest absolute Gasteiger partial charge is 0.467 e. The van der Waals surface area contributed by atoms with Gasteiger partial charge in [-0.25, -0.2) is 9.97 Å². The zero-order valence-corrected chi connectivity index (χ0v) is 10.9. The van der Waals surface area contributed by atoms with Gasteiger partial charge in [-0.05, 0) is 31.5 Å². The summed E-state index contributed by atoms with van der Waals surface area (Å²) in [7, 11) is 0. The Bertz CT molecular complexity index is 584. The molecule has 1 amide bonds. The predicted octanol–water partition coefficient (Wildman–Crippen LogP) is 2.11. The third kappa shape index (κ3) is 4.06. The highest BCUT2D eigenvalue weighted by atomic mass is 16.5. The number of nitrogens with one attached hydrogen (secondary N) is 1. The fraction of sp³-hybridized carbons (Fsp3) is 0.214. The minimum atomic E-state index is -0.220. The maximum atomic E-state index is 11.7. The Labute approximate surface area is 111 Å². The van der Waals surface area contributed by atoms with Crippen molar-refractivity contribution in [1.82, 2.24) is 9.97 Å². The summed E-state index contributed by atoms with van der Waals surface area (Å²) in [5.74, 6) is 0.175. The molecule has 98 valence electrons. The summed E-state index contributed by atoms with van der Waals surface area (Å²) in [5.41, 5.74) is 2.64. The topological polar surface area (TPSA) is 64.1 Å². The summed E-state index contributed by atoms with van der Waals surface area (Å²) in [6.07, 6.45) is 1.41. The summed E-state index contributed by atoms with van der Waals surface area (Å²) < 4.78 is 5.29. The van der Waals surface area contributed by atoms with Gasteiger partial charge in [0.15, 0.2) is 6.61 Å². The summed E-state index contributed by atoms with van der Waals surface area (Å²) in [4.78, 5) is 19.6. The van der Waals surface area contributed by atoms with Crippen molar-refractivity contribution < 1.29 is 9.53 Å². The van der Waals surface area contributed by atoms with Gasteiger partial charge in [-0.2, -0.15) is 0 Å². The average molecular weight is 257 g/mol. The van der Waals surface area contributed by atoms with Crippen molar-refractivity contribution >= 4 is 11.6 Å². The van der Waals surface area contributed by atoms with Gasteiger partial charge in [0, 0.05) is 17.4 Å². The number of anilines is 1. The predicted molar refractivity (Wildman–Crippen MR) is 72.1 cm³/mol. The zero-order valence-electron chi connectivity index (χ0n) is 10.9. The van der Waals surface area contributed by atoms with Crippen LogP contribution in [-0.4, -0.2) is 22.5 Å². The fourth-order valence-electron chi connectivity index (χ4n) is 1.57. The van der Waals surface area contributed by atoms with Crippen LogP contribution >= 0.6 is 0 Å². The van der Waals surface area contributed by atoms with Gasteiger partial charge < -0.3 is 10.1 Å². The van der Waals surface area contributed by atoms with Crippen LogP contribution in [-0.2, 0) is 4.79 Å². The molecule has 1 aromatic heterocycles. The van der Waals surface area contributed by atoms with Gasteiger partial charge in [0.25, 0.3) is 5.91 Å². The highest BCUT2D eigenvalue weighted by molar-refractivity contribution is 5.91. The molecule has 0 saturated carbocycles. The molecule has 5 heteroatoms. The van der Waals surface area contributed by atoms with Crippen LogP contribution in [0.3, 0.4) is 0 Å². The Kier molecular flexibility index (Phi) is 4.07. The molecule has 0 aliphatic rings. The summed E-state index contributed by atoms with van der Waals surface area (Å²) >= 11 is 0. The van der Waals surface area contributed by atoms with Gasteiger partial charge in [0.05, 0.1) is 0 Å². The molecule has 0 atom stereocenters. The molecule has 0 saturated heterocycles. The number of hydrogen-bond donors (Lipinski definition) is 1. The molecule has 0 spiro atoms. The second-order valence-electron chi connectivity index (χ2n) is 4.20. The second kappa shape index (κ2) is 5.95. The Morgan fingerprint density at radius 1 is 1.26 bits per heavy atom. The van der Waals surface area contributed by atoms with E-state index in [0.29, 0.717) is 5.88 Å². The van der Waals surface area contributed by atoms with Gasteiger partial charge in [-0.1, -0.05) is 12.1 Å².